The van der Waals surface area contributed by atoms with Crippen molar-refractivity contribution in [3.8, 4) is 0 Å². The largest absolute Gasteiger partial charge is 0.355 e. The van der Waals surface area contributed by atoms with E-state index in [0.717, 1.165) is 5.69 Å². The van der Waals surface area contributed by atoms with Crippen LogP contribution < -0.4 is 5.32 Å². The average Bonchev–Trinajstić information content (AvgIpc) is 3.40. The van der Waals surface area contributed by atoms with Crippen LogP contribution in [0, 0.1) is 6.92 Å². The molecule has 0 radical (unpaired) electrons. The summed E-state index contributed by atoms with van der Waals surface area (Å²) in [5.74, 6) is -0.195. The van der Waals surface area contributed by atoms with Gasteiger partial charge in [-0.15, -0.1) is 0 Å². The van der Waals surface area contributed by atoms with Crippen LogP contribution >= 0.6 is 0 Å². The summed E-state index contributed by atoms with van der Waals surface area (Å²) in [4.78, 5) is 37.7. The Bertz CT molecular complexity index is 1280. The number of hydrogen-bond acceptors (Lipinski definition) is 4. The van der Waals surface area contributed by atoms with E-state index in [2.05, 4.69) is 68.7 Å². The van der Waals surface area contributed by atoms with Crippen LogP contribution in [0.1, 0.15) is 43.7 Å². The van der Waals surface area contributed by atoms with Gasteiger partial charge in [0.25, 0.3) is 11.8 Å². The molecule has 2 aromatic heterocycles. The van der Waals surface area contributed by atoms with Crippen LogP contribution in [-0.4, -0.2) is 63.8 Å². The maximum atomic E-state index is 13.3. The molecule has 1 aliphatic heterocycles. The van der Waals surface area contributed by atoms with Gasteiger partial charge in [-0.25, -0.2) is 0 Å². The van der Waals surface area contributed by atoms with E-state index >= 15 is 0 Å². The van der Waals surface area contributed by atoms with Crippen molar-refractivity contribution in [2.75, 3.05) is 26.2 Å². The number of nitrogens with zero attached hydrogens (tertiary/aromatic N) is 3. The van der Waals surface area contributed by atoms with Crippen LogP contribution in [0.2, 0.25) is 0 Å². The molecule has 2 N–H and O–H groups in total. The quantitative estimate of drug-likeness (QED) is 0.407. The van der Waals surface area contributed by atoms with E-state index in [0.29, 0.717) is 37.4 Å². The van der Waals surface area contributed by atoms with Crippen molar-refractivity contribution in [2.24, 2.45) is 0 Å². The van der Waals surface area contributed by atoms with Gasteiger partial charge in [0.2, 0.25) is 0 Å². The summed E-state index contributed by atoms with van der Waals surface area (Å²) in [6.45, 7) is 4.08. The number of hydrogen-bond donors (Lipinski definition) is 2. The SMILES string of the molecule is Cc1ccc(C(=O)NCC2CN(C(=O)c3cccnc3)CCN2C(c2ccccc2)c2ccccc2)[nH]1. The molecule has 5 rings (SSSR count). The van der Waals surface area contributed by atoms with Crippen molar-refractivity contribution >= 4 is 11.8 Å². The van der Waals surface area contributed by atoms with Gasteiger partial charge in [0, 0.05) is 50.3 Å². The van der Waals surface area contributed by atoms with Crippen molar-refractivity contribution in [3.05, 3.63) is 125 Å². The van der Waals surface area contributed by atoms with Gasteiger partial charge in [-0.3, -0.25) is 19.5 Å². The molecule has 7 nitrogen and oxygen atoms in total. The van der Waals surface area contributed by atoms with E-state index in [-0.39, 0.29) is 23.9 Å². The van der Waals surface area contributed by atoms with Crippen LogP contribution in [-0.2, 0) is 0 Å². The highest BCUT2D eigenvalue weighted by Crippen LogP contribution is 2.32. The summed E-state index contributed by atoms with van der Waals surface area (Å²) >= 11 is 0. The van der Waals surface area contributed by atoms with Crippen molar-refractivity contribution in [1.82, 2.24) is 25.1 Å². The maximum Gasteiger partial charge on any atom is 0.267 e. The lowest BCUT2D eigenvalue weighted by Crippen LogP contribution is -2.59. The Balaban J connectivity index is 1.44. The molecule has 2 amide bonds. The summed E-state index contributed by atoms with van der Waals surface area (Å²) in [5, 5.41) is 3.11. The van der Waals surface area contributed by atoms with Crippen LogP contribution in [0.25, 0.3) is 0 Å². The summed E-state index contributed by atoms with van der Waals surface area (Å²) < 4.78 is 0. The number of amides is 2. The smallest absolute Gasteiger partial charge is 0.267 e. The lowest BCUT2D eigenvalue weighted by molar-refractivity contribution is 0.0382. The molecular formula is C30H31N5O2. The molecule has 4 aromatic rings. The van der Waals surface area contributed by atoms with E-state index in [1.807, 2.05) is 30.0 Å². The van der Waals surface area contributed by atoms with E-state index in [9.17, 15) is 9.59 Å². The fraction of sp³-hybridized carbons (Fsp3) is 0.233. The summed E-state index contributed by atoms with van der Waals surface area (Å²) in [6.07, 6.45) is 3.27. The molecule has 1 fully saturated rings. The predicted octanol–water partition coefficient (Wildman–Crippen LogP) is 4.06. The number of carbonyl (C=O) groups excluding carboxylic acids is 2. The third-order valence-electron chi connectivity index (χ3n) is 6.86. The van der Waals surface area contributed by atoms with Crippen molar-refractivity contribution in [1.29, 1.82) is 0 Å². The summed E-state index contributed by atoms with van der Waals surface area (Å²) in [7, 11) is 0. The first-order valence-electron chi connectivity index (χ1n) is 12.6. The highest BCUT2D eigenvalue weighted by Gasteiger charge is 2.35. The van der Waals surface area contributed by atoms with Gasteiger partial charge in [-0.2, -0.15) is 0 Å². The number of nitrogens with one attached hydrogen (secondary N) is 2. The molecule has 1 saturated heterocycles. The lowest BCUT2D eigenvalue weighted by Gasteiger charge is -2.45. The van der Waals surface area contributed by atoms with E-state index in [1.165, 1.54) is 11.1 Å². The highest BCUT2D eigenvalue weighted by atomic mass is 16.2. The van der Waals surface area contributed by atoms with E-state index in [1.54, 1.807) is 30.6 Å². The average molecular weight is 494 g/mol. The standard InChI is InChI=1S/C30H31N5O2/c1-22-14-15-27(33-22)29(36)32-20-26-21-34(30(37)25-13-8-16-31-19-25)17-18-35(26)28(23-9-4-2-5-10-23)24-11-6-3-7-12-24/h2-16,19,26,28,33H,17-18,20-21H2,1H3,(H,32,36). The van der Waals surface area contributed by atoms with Gasteiger partial charge in [0.15, 0.2) is 0 Å². The van der Waals surface area contributed by atoms with Crippen LogP contribution in [0.5, 0.6) is 0 Å². The summed E-state index contributed by atoms with van der Waals surface area (Å²) in [5.41, 5.74) is 4.40. The van der Waals surface area contributed by atoms with Gasteiger partial charge in [-0.05, 0) is 42.3 Å². The molecule has 1 unspecified atom stereocenters. The topological polar surface area (TPSA) is 81.3 Å². The number of aromatic nitrogens is 2. The fourth-order valence-electron chi connectivity index (χ4n) is 5.04. The molecule has 188 valence electrons. The van der Waals surface area contributed by atoms with Crippen LogP contribution in [0.3, 0.4) is 0 Å². The molecule has 0 bridgehead atoms. The van der Waals surface area contributed by atoms with Crippen molar-refractivity contribution in [2.45, 2.75) is 19.0 Å². The number of benzene rings is 2. The van der Waals surface area contributed by atoms with E-state index < -0.39 is 0 Å². The number of aromatic amines is 1. The number of aryl methyl sites for hydroxylation is 1. The minimum Gasteiger partial charge on any atom is -0.355 e. The number of H-pyrrole nitrogens is 1. The van der Waals surface area contributed by atoms with Gasteiger partial charge in [0.1, 0.15) is 5.69 Å². The summed E-state index contributed by atoms with van der Waals surface area (Å²) in [6, 6.07) is 28.0. The zero-order valence-corrected chi connectivity index (χ0v) is 20.9. The molecule has 1 atom stereocenters. The number of rotatable bonds is 7. The highest BCUT2D eigenvalue weighted by molar-refractivity contribution is 5.94. The first-order chi connectivity index (χ1) is 18.1. The lowest BCUT2D eigenvalue weighted by atomic mass is 9.94. The molecule has 3 heterocycles. The zero-order chi connectivity index (χ0) is 25.6. The van der Waals surface area contributed by atoms with Crippen LogP contribution in [0.4, 0.5) is 0 Å². The monoisotopic (exact) mass is 493 g/mol. The van der Waals surface area contributed by atoms with Gasteiger partial charge in [0.05, 0.1) is 11.6 Å². The maximum absolute atomic E-state index is 13.3. The molecule has 0 saturated carbocycles. The number of piperazine rings is 1. The Hall–Kier alpha value is -4.23. The minimum atomic E-state index is -0.153. The third kappa shape index (κ3) is 5.62. The normalized spacial score (nSPS) is 16.1. The van der Waals surface area contributed by atoms with Crippen LogP contribution in [0.15, 0.2) is 97.3 Å². The Morgan fingerprint density at radius 2 is 1.65 bits per heavy atom. The molecule has 37 heavy (non-hydrogen) atoms. The number of carbonyl (C=O) groups is 2. The number of pyridine rings is 1. The Kier molecular flexibility index (Phi) is 7.42. The van der Waals surface area contributed by atoms with E-state index in [4.69, 9.17) is 0 Å². The molecule has 0 aliphatic carbocycles. The predicted molar refractivity (Wildman–Crippen MR) is 143 cm³/mol. The van der Waals surface area contributed by atoms with Gasteiger partial charge in [-0.1, -0.05) is 60.7 Å². The second-order valence-corrected chi connectivity index (χ2v) is 9.37. The molecule has 1 aliphatic rings. The second-order valence-electron chi connectivity index (χ2n) is 9.37. The van der Waals surface area contributed by atoms with Crippen molar-refractivity contribution < 1.29 is 9.59 Å². The minimum absolute atomic E-state index is 0.00678. The van der Waals surface area contributed by atoms with Crippen molar-refractivity contribution in [3.63, 3.8) is 0 Å². The second kappa shape index (κ2) is 11.2. The Morgan fingerprint density at radius 3 is 2.24 bits per heavy atom. The fourth-order valence-corrected chi connectivity index (χ4v) is 5.04. The Labute approximate surface area is 217 Å². The third-order valence-corrected chi connectivity index (χ3v) is 6.86. The molecule has 2 aromatic carbocycles. The molecule has 0 spiro atoms. The first kappa shape index (κ1) is 24.5. The molecular weight excluding hydrogens is 462 g/mol. The zero-order valence-electron chi connectivity index (χ0n) is 20.9. The first-order valence-corrected chi connectivity index (χ1v) is 12.6. The Morgan fingerprint density at radius 1 is 0.946 bits per heavy atom. The molecule has 7 heteroatoms. The van der Waals surface area contributed by atoms with Gasteiger partial charge >= 0.3 is 0 Å². The van der Waals surface area contributed by atoms with Gasteiger partial charge < -0.3 is 15.2 Å².